The lowest BCUT2D eigenvalue weighted by Crippen LogP contribution is -2.12. The number of nitrogens with zero attached hydrogens (tertiary/aromatic N) is 3. The van der Waals surface area contributed by atoms with E-state index < -0.39 is 0 Å². The Morgan fingerprint density at radius 3 is 2.53 bits per heavy atom. The van der Waals surface area contributed by atoms with Crippen molar-refractivity contribution in [3.05, 3.63) is 5.56 Å². The first kappa shape index (κ1) is 13.4. The topological polar surface area (TPSA) is 79.7 Å². The van der Waals surface area contributed by atoms with Crippen LogP contribution in [0.3, 0.4) is 0 Å². The SMILES string of the molecule is CCCNc1nn(C(CC)CC)c(N)c1C#N. The molecule has 1 heterocycles. The lowest BCUT2D eigenvalue weighted by atomic mass is 10.2. The Morgan fingerprint density at radius 1 is 1.41 bits per heavy atom. The molecule has 0 aliphatic rings. The van der Waals surface area contributed by atoms with Gasteiger partial charge in [0.2, 0.25) is 0 Å². The summed E-state index contributed by atoms with van der Waals surface area (Å²) in [6, 6.07) is 2.39. The summed E-state index contributed by atoms with van der Waals surface area (Å²) < 4.78 is 1.77. The smallest absolute Gasteiger partial charge is 0.168 e. The summed E-state index contributed by atoms with van der Waals surface area (Å²) >= 11 is 0. The molecule has 0 saturated carbocycles. The summed E-state index contributed by atoms with van der Waals surface area (Å²) in [5.74, 6) is 1.08. The van der Waals surface area contributed by atoms with Crippen LogP contribution in [-0.4, -0.2) is 16.3 Å². The van der Waals surface area contributed by atoms with Crippen LogP contribution in [0.2, 0.25) is 0 Å². The van der Waals surface area contributed by atoms with E-state index in [1.54, 1.807) is 4.68 Å². The van der Waals surface area contributed by atoms with E-state index in [0.717, 1.165) is 25.8 Å². The number of hydrogen-bond donors (Lipinski definition) is 2. The molecule has 0 saturated heterocycles. The first-order valence-electron chi connectivity index (χ1n) is 6.21. The fourth-order valence-electron chi connectivity index (χ4n) is 1.84. The molecule has 3 N–H and O–H groups in total. The lowest BCUT2D eigenvalue weighted by molar-refractivity contribution is 0.435. The van der Waals surface area contributed by atoms with Crippen LogP contribution >= 0.6 is 0 Å². The summed E-state index contributed by atoms with van der Waals surface area (Å²) in [7, 11) is 0. The van der Waals surface area contributed by atoms with Gasteiger partial charge in [-0.05, 0) is 19.3 Å². The van der Waals surface area contributed by atoms with Gasteiger partial charge in [-0.3, -0.25) is 0 Å². The Hall–Kier alpha value is -1.70. The van der Waals surface area contributed by atoms with Crippen molar-refractivity contribution in [2.75, 3.05) is 17.6 Å². The van der Waals surface area contributed by atoms with Gasteiger partial charge in [-0.25, -0.2) is 4.68 Å². The Balaban J connectivity index is 3.08. The van der Waals surface area contributed by atoms with Crippen molar-refractivity contribution in [3.8, 4) is 6.07 Å². The highest BCUT2D eigenvalue weighted by Gasteiger charge is 2.19. The minimum absolute atomic E-state index is 0.263. The Morgan fingerprint density at radius 2 is 2.06 bits per heavy atom. The summed E-state index contributed by atoms with van der Waals surface area (Å²) in [5.41, 5.74) is 6.44. The highest BCUT2D eigenvalue weighted by atomic mass is 15.4. The highest BCUT2D eigenvalue weighted by Crippen LogP contribution is 2.26. The van der Waals surface area contributed by atoms with Gasteiger partial charge in [0.15, 0.2) is 5.82 Å². The van der Waals surface area contributed by atoms with Crippen LogP contribution in [0.25, 0.3) is 0 Å². The number of nitriles is 1. The maximum Gasteiger partial charge on any atom is 0.168 e. The van der Waals surface area contributed by atoms with Crippen molar-refractivity contribution in [2.24, 2.45) is 0 Å². The van der Waals surface area contributed by atoms with Crippen LogP contribution in [0.4, 0.5) is 11.6 Å². The molecule has 1 rings (SSSR count). The second-order valence-electron chi connectivity index (χ2n) is 4.06. The average Bonchev–Trinajstić information content (AvgIpc) is 2.65. The number of aromatic nitrogens is 2. The second-order valence-corrected chi connectivity index (χ2v) is 4.06. The first-order chi connectivity index (χ1) is 8.19. The fraction of sp³-hybridized carbons (Fsp3) is 0.667. The Bertz CT molecular complexity index is 398. The van der Waals surface area contributed by atoms with Gasteiger partial charge in [0.1, 0.15) is 17.5 Å². The van der Waals surface area contributed by atoms with Crippen LogP contribution in [0.5, 0.6) is 0 Å². The van der Waals surface area contributed by atoms with E-state index in [9.17, 15) is 0 Å². The number of nitrogen functional groups attached to an aromatic ring is 1. The number of nitrogens with one attached hydrogen (secondary N) is 1. The molecule has 1 aromatic heterocycles. The van der Waals surface area contributed by atoms with Crippen LogP contribution < -0.4 is 11.1 Å². The largest absolute Gasteiger partial charge is 0.383 e. The Labute approximate surface area is 103 Å². The molecule has 5 heteroatoms. The summed E-state index contributed by atoms with van der Waals surface area (Å²) in [6.07, 6.45) is 2.91. The van der Waals surface area contributed by atoms with E-state index in [2.05, 4.69) is 37.3 Å². The molecule has 0 bridgehead atoms. The monoisotopic (exact) mass is 235 g/mol. The van der Waals surface area contributed by atoms with Gasteiger partial charge in [0.25, 0.3) is 0 Å². The summed E-state index contributed by atoms with van der Waals surface area (Å²) in [4.78, 5) is 0. The van der Waals surface area contributed by atoms with Gasteiger partial charge >= 0.3 is 0 Å². The standard InChI is InChI=1S/C12H21N5/c1-4-7-15-12-10(8-13)11(14)17(16-12)9(5-2)6-3/h9H,4-7,14H2,1-3H3,(H,15,16). The van der Waals surface area contributed by atoms with E-state index in [1.807, 2.05) is 0 Å². The molecule has 5 nitrogen and oxygen atoms in total. The molecule has 0 radical (unpaired) electrons. The van der Waals surface area contributed by atoms with Gasteiger partial charge in [-0.15, -0.1) is 0 Å². The van der Waals surface area contributed by atoms with E-state index in [1.165, 1.54) is 0 Å². The van der Waals surface area contributed by atoms with Crippen molar-refractivity contribution < 1.29 is 0 Å². The fourth-order valence-corrected chi connectivity index (χ4v) is 1.84. The molecule has 0 spiro atoms. The molecule has 1 aromatic rings. The molecule has 0 atom stereocenters. The summed E-state index contributed by atoms with van der Waals surface area (Å²) in [5, 5.41) is 16.7. The van der Waals surface area contributed by atoms with Crippen LogP contribution in [0, 0.1) is 11.3 Å². The minimum Gasteiger partial charge on any atom is -0.383 e. The molecule has 94 valence electrons. The minimum atomic E-state index is 0.263. The maximum absolute atomic E-state index is 9.12. The Kier molecular flexibility index (Phi) is 4.83. The third-order valence-corrected chi connectivity index (χ3v) is 2.89. The zero-order chi connectivity index (χ0) is 12.8. The van der Waals surface area contributed by atoms with Gasteiger partial charge in [0, 0.05) is 6.54 Å². The van der Waals surface area contributed by atoms with Crippen LogP contribution in [0.15, 0.2) is 0 Å². The van der Waals surface area contributed by atoms with E-state index in [4.69, 9.17) is 11.0 Å². The second kappa shape index (κ2) is 6.14. The number of hydrogen-bond acceptors (Lipinski definition) is 4. The highest BCUT2D eigenvalue weighted by molar-refractivity contribution is 5.63. The molecule has 0 aromatic carbocycles. The molecule has 17 heavy (non-hydrogen) atoms. The number of rotatable bonds is 6. The predicted molar refractivity (Wildman–Crippen MR) is 69.8 cm³/mol. The molecular weight excluding hydrogens is 214 g/mol. The first-order valence-corrected chi connectivity index (χ1v) is 6.21. The molecule has 0 unspecified atom stereocenters. The quantitative estimate of drug-likeness (QED) is 0.794. The zero-order valence-corrected chi connectivity index (χ0v) is 10.8. The van der Waals surface area contributed by atoms with Gasteiger partial charge < -0.3 is 11.1 Å². The predicted octanol–water partition coefficient (Wildman–Crippen LogP) is 2.52. The molecule has 0 fully saturated rings. The van der Waals surface area contributed by atoms with E-state index in [-0.39, 0.29) is 6.04 Å². The normalized spacial score (nSPS) is 10.5. The van der Waals surface area contributed by atoms with Crippen molar-refractivity contribution in [1.82, 2.24) is 9.78 Å². The van der Waals surface area contributed by atoms with Gasteiger partial charge in [-0.1, -0.05) is 20.8 Å². The third-order valence-electron chi connectivity index (χ3n) is 2.89. The number of anilines is 2. The molecule has 0 amide bonds. The van der Waals surface area contributed by atoms with E-state index in [0.29, 0.717) is 17.2 Å². The molecule has 0 aliphatic carbocycles. The average molecular weight is 235 g/mol. The van der Waals surface area contributed by atoms with Crippen molar-refractivity contribution in [3.63, 3.8) is 0 Å². The van der Waals surface area contributed by atoms with Crippen LogP contribution in [-0.2, 0) is 0 Å². The van der Waals surface area contributed by atoms with Crippen molar-refractivity contribution in [2.45, 2.75) is 46.1 Å². The zero-order valence-electron chi connectivity index (χ0n) is 10.8. The van der Waals surface area contributed by atoms with Crippen LogP contribution in [0.1, 0.15) is 51.6 Å². The van der Waals surface area contributed by atoms with Crippen molar-refractivity contribution >= 4 is 11.6 Å². The third kappa shape index (κ3) is 2.70. The van der Waals surface area contributed by atoms with Gasteiger partial charge in [0.05, 0.1) is 6.04 Å². The lowest BCUT2D eigenvalue weighted by Gasteiger charge is -2.14. The summed E-state index contributed by atoms with van der Waals surface area (Å²) in [6.45, 7) is 7.06. The van der Waals surface area contributed by atoms with Gasteiger partial charge in [-0.2, -0.15) is 10.4 Å². The molecule has 0 aliphatic heterocycles. The number of nitrogens with two attached hydrogens (primary N) is 1. The molecular formula is C12H21N5. The van der Waals surface area contributed by atoms with Crippen molar-refractivity contribution in [1.29, 1.82) is 5.26 Å². The van der Waals surface area contributed by atoms with E-state index >= 15 is 0 Å². The maximum atomic E-state index is 9.12.